The lowest BCUT2D eigenvalue weighted by Crippen LogP contribution is -2.26. The average molecular weight is 403 g/mol. The standard InChI is InChI=1S/C24H34O5/c1-16-6-7-22-24(5,29-22)13-10-21-20(9-12-23(21,4)11-8-16)19(14-27-17(2)25)15-28-18(3)26/h8-9,12,21-22H,6-7,10-11,13-15H2,1-5H3. The Labute approximate surface area is 174 Å². The number of hydrogen-bond donors (Lipinski definition) is 0. The third-order valence-electron chi connectivity index (χ3n) is 6.78. The van der Waals surface area contributed by atoms with Crippen molar-refractivity contribution in [2.24, 2.45) is 11.3 Å². The summed E-state index contributed by atoms with van der Waals surface area (Å²) >= 11 is 0. The molecule has 1 aliphatic heterocycles. The molecule has 2 aliphatic carbocycles. The Morgan fingerprint density at radius 1 is 1.14 bits per heavy atom. The Morgan fingerprint density at radius 3 is 2.41 bits per heavy atom. The summed E-state index contributed by atoms with van der Waals surface area (Å²) in [6, 6.07) is 0. The molecule has 0 bridgehead atoms. The van der Waals surface area contributed by atoms with Crippen molar-refractivity contribution in [2.75, 3.05) is 13.2 Å². The van der Waals surface area contributed by atoms with E-state index in [-0.39, 0.29) is 42.1 Å². The van der Waals surface area contributed by atoms with Crippen LogP contribution in [0.25, 0.3) is 0 Å². The van der Waals surface area contributed by atoms with Gasteiger partial charge in [0.25, 0.3) is 0 Å². The van der Waals surface area contributed by atoms with Crippen molar-refractivity contribution < 1.29 is 23.8 Å². The van der Waals surface area contributed by atoms with Crippen molar-refractivity contribution in [3.05, 3.63) is 34.9 Å². The van der Waals surface area contributed by atoms with Gasteiger partial charge in [0.15, 0.2) is 0 Å². The normalized spacial score (nSPS) is 33.7. The largest absolute Gasteiger partial charge is 0.461 e. The maximum atomic E-state index is 11.4. The van der Waals surface area contributed by atoms with E-state index in [0.29, 0.717) is 6.10 Å². The molecule has 0 aromatic carbocycles. The van der Waals surface area contributed by atoms with Gasteiger partial charge in [-0.3, -0.25) is 9.59 Å². The number of rotatable bonds is 4. The lowest BCUT2D eigenvalue weighted by molar-refractivity contribution is -0.141. The molecule has 160 valence electrons. The molecule has 0 saturated carbocycles. The van der Waals surface area contributed by atoms with Crippen molar-refractivity contribution in [1.82, 2.24) is 0 Å². The minimum Gasteiger partial charge on any atom is -0.461 e. The zero-order chi connectivity index (χ0) is 21.2. The monoisotopic (exact) mass is 402 g/mol. The average Bonchev–Trinajstić information content (AvgIpc) is 3.18. The number of fused-ring (bicyclic) bond motifs is 2. The molecule has 3 rings (SSSR count). The number of carbonyl (C=O) groups is 2. The fourth-order valence-electron chi connectivity index (χ4n) is 4.67. The van der Waals surface area contributed by atoms with Gasteiger partial charge in [-0.25, -0.2) is 0 Å². The second-order valence-corrected chi connectivity index (χ2v) is 9.26. The molecule has 1 fully saturated rings. The highest BCUT2D eigenvalue weighted by Crippen LogP contribution is 2.52. The minimum absolute atomic E-state index is 0.0145. The van der Waals surface area contributed by atoms with Gasteiger partial charge in [-0.05, 0) is 62.9 Å². The summed E-state index contributed by atoms with van der Waals surface area (Å²) in [6.45, 7) is 9.82. The highest BCUT2D eigenvalue weighted by atomic mass is 16.6. The van der Waals surface area contributed by atoms with E-state index in [0.717, 1.165) is 43.3 Å². The minimum atomic E-state index is -0.335. The highest BCUT2D eigenvalue weighted by molar-refractivity contribution is 5.67. The van der Waals surface area contributed by atoms with Crippen molar-refractivity contribution in [1.29, 1.82) is 0 Å². The molecule has 0 aromatic rings. The van der Waals surface area contributed by atoms with Crippen molar-refractivity contribution >= 4 is 11.9 Å². The van der Waals surface area contributed by atoms with E-state index in [4.69, 9.17) is 14.2 Å². The molecule has 4 atom stereocenters. The molecular formula is C24H34O5. The fraction of sp³-hybridized carbons (Fsp3) is 0.667. The van der Waals surface area contributed by atoms with E-state index in [1.807, 2.05) is 0 Å². The molecule has 5 nitrogen and oxygen atoms in total. The van der Waals surface area contributed by atoms with Gasteiger partial charge in [-0.1, -0.05) is 30.7 Å². The number of esters is 2. The van der Waals surface area contributed by atoms with E-state index >= 15 is 0 Å². The van der Waals surface area contributed by atoms with Gasteiger partial charge in [-0.15, -0.1) is 0 Å². The molecule has 0 aromatic heterocycles. The van der Waals surface area contributed by atoms with Crippen LogP contribution in [0.3, 0.4) is 0 Å². The summed E-state index contributed by atoms with van der Waals surface area (Å²) in [5, 5.41) is 0. The van der Waals surface area contributed by atoms with Crippen LogP contribution in [-0.4, -0.2) is 36.9 Å². The SMILES string of the molecule is CC(=O)OCC(COC(C)=O)=C1C=CC2(C)CC=C(C)CCC3OC3(C)CCC12. The summed E-state index contributed by atoms with van der Waals surface area (Å²) in [6.07, 6.45) is 12.3. The zero-order valence-electron chi connectivity index (χ0n) is 18.4. The second kappa shape index (κ2) is 8.47. The quantitative estimate of drug-likeness (QED) is 0.388. The molecule has 29 heavy (non-hydrogen) atoms. The maximum Gasteiger partial charge on any atom is 0.302 e. The smallest absolute Gasteiger partial charge is 0.302 e. The molecule has 0 amide bonds. The Morgan fingerprint density at radius 2 is 1.79 bits per heavy atom. The highest BCUT2D eigenvalue weighted by Gasteiger charge is 2.52. The van der Waals surface area contributed by atoms with Crippen LogP contribution in [0, 0.1) is 11.3 Å². The number of ether oxygens (including phenoxy) is 3. The third-order valence-corrected chi connectivity index (χ3v) is 6.78. The van der Waals surface area contributed by atoms with E-state index in [1.54, 1.807) is 0 Å². The molecule has 3 aliphatic rings. The zero-order valence-corrected chi connectivity index (χ0v) is 18.4. The van der Waals surface area contributed by atoms with Crippen LogP contribution in [0.4, 0.5) is 0 Å². The van der Waals surface area contributed by atoms with Gasteiger partial charge in [0.1, 0.15) is 13.2 Å². The Kier molecular flexibility index (Phi) is 6.37. The van der Waals surface area contributed by atoms with E-state index in [1.165, 1.54) is 19.4 Å². The van der Waals surface area contributed by atoms with E-state index in [2.05, 4.69) is 39.0 Å². The number of allylic oxidation sites excluding steroid dienone is 5. The number of epoxide rings is 1. The summed E-state index contributed by atoms with van der Waals surface area (Å²) in [4.78, 5) is 22.8. The summed E-state index contributed by atoms with van der Waals surface area (Å²) in [5.74, 6) is -0.399. The molecule has 5 heteroatoms. The first-order chi connectivity index (χ1) is 13.6. The van der Waals surface area contributed by atoms with Crippen molar-refractivity contribution in [3.63, 3.8) is 0 Å². The lowest BCUT2D eigenvalue weighted by atomic mass is 9.72. The molecule has 1 heterocycles. The third kappa shape index (κ3) is 5.19. The van der Waals surface area contributed by atoms with Gasteiger partial charge in [-0.2, -0.15) is 0 Å². The molecule has 0 N–H and O–H groups in total. The Balaban J connectivity index is 1.92. The first-order valence-corrected chi connectivity index (χ1v) is 10.6. The van der Waals surface area contributed by atoms with E-state index in [9.17, 15) is 9.59 Å². The predicted octanol–water partition coefficient (Wildman–Crippen LogP) is 4.67. The lowest BCUT2D eigenvalue weighted by Gasteiger charge is -2.32. The van der Waals surface area contributed by atoms with Gasteiger partial charge >= 0.3 is 11.9 Å². The molecular weight excluding hydrogens is 368 g/mol. The first kappa shape index (κ1) is 21.8. The van der Waals surface area contributed by atoms with Crippen LogP contribution < -0.4 is 0 Å². The van der Waals surface area contributed by atoms with Gasteiger partial charge in [0.2, 0.25) is 0 Å². The van der Waals surface area contributed by atoms with Crippen molar-refractivity contribution in [2.45, 2.75) is 78.4 Å². The second-order valence-electron chi connectivity index (χ2n) is 9.26. The Bertz CT molecular complexity index is 741. The number of carbonyl (C=O) groups excluding carboxylic acids is 2. The summed E-state index contributed by atoms with van der Waals surface area (Å²) < 4.78 is 16.6. The van der Waals surface area contributed by atoms with Crippen LogP contribution in [-0.2, 0) is 23.8 Å². The molecule has 1 saturated heterocycles. The van der Waals surface area contributed by atoms with Gasteiger partial charge in [0.05, 0.1) is 11.7 Å². The van der Waals surface area contributed by atoms with Crippen molar-refractivity contribution in [3.8, 4) is 0 Å². The van der Waals surface area contributed by atoms with Crippen LogP contribution in [0.2, 0.25) is 0 Å². The van der Waals surface area contributed by atoms with E-state index < -0.39 is 0 Å². The van der Waals surface area contributed by atoms with Crippen LogP contribution in [0.1, 0.15) is 66.7 Å². The van der Waals surface area contributed by atoms with Crippen LogP contribution in [0.15, 0.2) is 34.9 Å². The molecule has 0 spiro atoms. The number of hydrogen-bond acceptors (Lipinski definition) is 5. The summed E-state index contributed by atoms with van der Waals surface area (Å²) in [5.41, 5.74) is 3.37. The Hall–Kier alpha value is -1.88. The van der Waals surface area contributed by atoms with Crippen LogP contribution >= 0.6 is 0 Å². The van der Waals surface area contributed by atoms with Crippen LogP contribution in [0.5, 0.6) is 0 Å². The maximum absolute atomic E-state index is 11.4. The van der Waals surface area contributed by atoms with Gasteiger partial charge < -0.3 is 14.2 Å². The summed E-state index contributed by atoms with van der Waals surface area (Å²) in [7, 11) is 0. The molecule has 0 radical (unpaired) electrons. The predicted molar refractivity (Wildman–Crippen MR) is 111 cm³/mol. The van der Waals surface area contributed by atoms with Gasteiger partial charge in [0, 0.05) is 19.4 Å². The topological polar surface area (TPSA) is 65.1 Å². The first-order valence-electron chi connectivity index (χ1n) is 10.6. The molecule has 4 unspecified atom stereocenters. The fourth-order valence-corrected chi connectivity index (χ4v) is 4.67.